The molecule has 2 N–H and O–H groups in total. The first-order valence-electron chi connectivity index (χ1n) is 8.96. The summed E-state index contributed by atoms with van der Waals surface area (Å²) in [6.45, 7) is 0. The number of halogens is 2. The van der Waals surface area contributed by atoms with Gasteiger partial charge in [0.2, 0.25) is 0 Å². The maximum atomic E-state index is 12.4. The Bertz CT molecular complexity index is 1140. The third kappa shape index (κ3) is 6.78. The Hall–Kier alpha value is -2.94. The van der Waals surface area contributed by atoms with Crippen LogP contribution in [0.15, 0.2) is 76.3 Å². The molecule has 31 heavy (non-hydrogen) atoms. The highest BCUT2D eigenvalue weighted by Gasteiger charge is 2.13. The Morgan fingerprint density at radius 3 is 2.65 bits per heavy atom. The van der Waals surface area contributed by atoms with Gasteiger partial charge in [-0.2, -0.15) is 5.10 Å². The van der Waals surface area contributed by atoms with E-state index >= 15 is 0 Å². The zero-order chi connectivity index (χ0) is 22.2. The van der Waals surface area contributed by atoms with Crippen LogP contribution >= 0.6 is 39.7 Å². The first kappa shape index (κ1) is 22.7. The largest absolute Gasteiger partial charge is 0.493 e. The summed E-state index contributed by atoms with van der Waals surface area (Å²) in [5.41, 5.74) is 4.62. The first-order chi connectivity index (χ1) is 14.9. The number of rotatable bonds is 6. The van der Waals surface area contributed by atoms with E-state index in [4.69, 9.17) is 33.3 Å². The third-order valence-electron chi connectivity index (χ3n) is 3.91. The number of nitrogens with one attached hydrogen (secondary N) is 2. The molecule has 0 bridgehead atoms. The Labute approximate surface area is 198 Å². The van der Waals surface area contributed by atoms with Gasteiger partial charge in [-0.05, 0) is 72.4 Å². The van der Waals surface area contributed by atoms with Crippen LogP contribution in [0.5, 0.6) is 11.5 Å². The monoisotopic (exact) mass is 517 g/mol. The van der Waals surface area contributed by atoms with Gasteiger partial charge in [0.1, 0.15) is 0 Å². The van der Waals surface area contributed by atoms with Gasteiger partial charge in [-0.15, -0.1) is 0 Å². The minimum absolute atomic E-state index is 0.302. The van der Waals surface area contributed by atoms with Gasteiger partial charge in [0.05, 0.1) is 18.9 Å². The van der Waals surface area contributed by atoms with Crippen molar-refractivity contribution in [3.8, 4) is 11.5 Å². The standard InChI is InChI=1S/C22H17BrClN3O3S/c1-29-20-10-14(13-25-27-22(31)26-18-7-3-6-17(24)12-18)8-9-19(20)30-21(28)15-4-2-5-16(23)11-15/h2-13H,1H3,(H2,26,27,31)/b25-13-. The van der Waals surface area contributed by atoms with Gasteiger partial charge in [-0.3, -0.25) is 5.43 Å². The normalized spacial score (nSPS) is 10.5. The predicted octanol–water partition coefficient (Wildman–Crippen LogP) is 5.65. The van der Waals surface area contributed by atoms with Crippen LogP contribution in [-0.2, 0) is 0 Å². The van der Waals surface area contributed by atoms with Crippen molar-refractivity contribution in [3.05, 3.63) is 87.4 Å². The van der Waals surface area contributed by atoms with E-state index in [0.29, 0.717) is 27.2 Å². The zero-order valence-electron chi connectivity index (χ0n) is 16.3. The molecule has 0 amide bonds. The Kier molecular flexibility index (Phi) is 8.00. The van der Waals surface area contributed by atoms with Crippen LogP contribution in [-0.4, -0.2) is 24.4 Å². The molecule has 0 aliphatic heterocycles. The smallest absolute Gasteiger partial charge is 0.343 e. The number of hydrazone groups is 1. The van der Waals surface area contributed by atoms with Gasteiger partial charge in [0.15, 0.2) is 16.6 Å². The van der Waals surface area contributed by atoms with Gasteiger partial charge >= 0.3 is 5.97 Å². The maximum Gasteiger partial charge on any atom is 0.343 e. The lowest BCUT2D eigenvalue weighted by atomic mass is 10.2. The number of hydrogen-bond acceptors (Lipinski definition) is 5. The summed E-state index contributed by atoms with van der Waals surface area (Å²) in [6, 6.07) is 19.2. The van der Waals surface area contributed by atoms with Crippen molar-refractivity contribution in [1.82, 2.24) is 5.43 Å². The third-order valence-corrected chi connectivity index (χ3v) is 4.83. The molecule has 0 radical (unpaired) electrons. The molecular formula is C22H17BrClN3O3S. The summed E-state index contributed by atoms with van der Waals surface area (Å²) in [7, 11) is 1.50. The molecule has 0 saturated carbocycles. The van der Waals surface area contributed by atoms with E-state index in [1.807, 2.05) is 18.2 Å². The van der Waals surface area contributed by atoms with Crippen molar-refractivity contribution in [2.45, 2.75) is 0 Å². The molecular weight excluding hydrogens is 502 g/mol. The fourth-order valence-electron chi connectivity index (χ4n) is 2.51. The molecule has 0 unspecified atom stereocenters. The molecule has 0 spiro atoms. The van der Waals surface area contributed by atoms with E-state index < -0.39 is 5.97 Å². The van der Waals surface area contributed by atoms with Crippen molar-refractivity contribution in [3.63, 3.8) is 0 Å². The number of carbonyl (C=O) groups is 1. The second-order valence-corrected chi connectivity index (χ2v) is 7.90. The van der Waals surface area contributed by atoms with Crippen molar-refractivity contribution in [2.24, 2.45) is 5.10 Å². The minimum Gasteiger partial charge on any atom is -0.493 e. The molecule has 3 aromatic carbocycles. The fourth-order valence-corrected chi connectivity index (χ4v) is 3.27. The van der Waals surface area contributed by atoms with Crippen LogP contribution in [0.2, 0.25) is 5.02 Å². The number of hydrogen-bond donors (Lipinski definition) is 2. The van der Waals surface area contributed by atoms with E-state index in [0.717, 1.165) is 15.7 Å². The topological polar surface area (TPSA) is 71.9 Å². The van der Waals surface area contributed by atoms with E-state index in [1.54, 1.807) is 54.7 Å². The van der Waals surface area contributed by atoms with Crippen LogP contribution in [0.3, 0.4) is 0 Å². The van der Waals surface area contributed by atoms with Crippen LogP contribution in [0.4, 0.5) is 5.69 Å². The van der Waals surface area contributed by atoms with Crippen molar-refractivity contribution in [1.29, 1.82) is 0 Å². The predicted molar refractivity (Wildman–Crippen MR) is 130 cm³/mol. The lowest BCUT2D eigenvalue weighted by Crippen LogP contribution is -2.23. The molecule has 0 saturated heterocycles. The zero-order valence-corrected chi connectivity index (χ0v) is 19.4. The Balaban J connectivity index is 1.62. The molecule has 0 heterocycles. The Morgan fingerprint density at radius 2 is 1.90 bits per heavy atom. The summed E-state index contributed by atoms with van der Waals surface area (Å²) in [5, 5.41) is 7.99. The van der Waals surface area contributed by atoms with Crippen LogP contribution in [0.1, 0.15) is 15.9 Å². The summed E-state index contributed by atoms with van der Waals surface area (Å²) < 4.78 is 11.6. The van der Waals surface area contributed by atoms with E-state index in [-0.39, 0.29) is 0 Å². The molecule has 3 rings (SSSR count). The average molecular weight is 519 g/mol. The van der Waals surface area contributed by atoms with Gasteiger partial charge in [0, 0.05) is 15.2 Å². The van der Waals surface area contributed by atoms with Crippen molar-refractivity contribution < 1.29 is 14.3 Å². The molecule has 0 aliphatic carbocycles. The average Bonchev–Trinajstić information content (AvgIpc) is 2.74. The highest BCUT2D eigenvalue weighted by molar-refractivity contribution is 9.10. The number of methoxy groups -OCH3 is 1. The van der Waals surface area contributed by atoms with Gasteiger partial charge < -0.3 is 14.8 Å². The van der Waals surface area contributed by atoms with Crippen LogP contribution in [0, 0.1) is 0 Å². The Morgan fingerprint density at radius 1 is 1.10 bits per heavy atom. The molecule has 0 aromatic heterocycles. The number of anilines is 1. The van der Waals surface area contributed by atoms with Crippen LogP contribution in [0.25, 0.3) is 0 Å². The number of ether oxygens (including phenoxy) is 2. The SMILES string of the molecule is COc1cc(/C=N\NC(=S)Nc2cccc(Cl)c2)ccc1OC(=O)c1cccc(Br)c1. The van der Waals surface area contributed by atoms with Crippen molar-refractivity contribution in [2.75, 3.05) is 12.4 Å². The second kappa shape index (κ2) is 10.9. The number of esters is 1. The summed E-state index contributed by atoms with van der Waals surface area (Å²) in [4.78, 5) is 12.4. The lowest BCUT2D eigenvalue weighted by molar-refractivity contribution is 0.0729. The molecule has 3 aromatic rings. The lowest BCUT2D eigenvalue weighted by Gasteiger charge is -2.10. The first-order valence-corrected chi connectivity index (χ1v) is 10.5. The molecule has 158 valence electrons. The van der Waals surface area contributed by atoms with Gasteiger partial charge in [-0.25, -0.2) is 4.79 Å². The second-order valence-electron chi connectivity index (χ2n) is 6.14. The maximum absolute atomic E-state index is 12.4. The highest BCUT2D eigenvalue weighted by Crippen LogP contribution is 2.28. The molecule has 0 aliphatic rings. The van der Waals surface area contributed by atoms with Gasteiger partial charge in [0.25, 0.3) is 0 Å². The summed E-state index contributed by atoms with van der Waals surface area (Å²) in [5.74, 6) is 0.211. The molecule has 9 heteroatoms. The van der Waals surface area contributed by atoms with Crippen LogP contribution < -0.4 is 20.2 Å². The van der Waals surface area contributed by atoms with E-state index in [1.165, 1.54) is 7.11 Å². The quantitative estimate of drug-likeness (QED) is 0.144. The van der Waals surface area contributed by atoms with E-state index in [2.05, 4.69) is 31.8 Å². The molecule has 0 atom stereocenters. The van der Waals surface area contributed by atoms with Gasteiger partial charge in [-0.1, -0.05) is 39.7 Å². The fraction of sp³-hybridized carbons (Fsp3) is 0.0455. The number of thiocarbonyl (C=S) groups is 1. The highest BCUT2D eigenvalue weighted by atomic mass is 79.9. The molecule has 0 fully saturated rings. The molecule has 6 nitrogen and oxygen atoms in total. The van der Waals surface area contributed by atoms with E-state index in [9.17, 15) is 4.79 Å². The number of nitrogens with zero attached hydrogens (tertiary/aromatic N) is 1. The minimum atomic E-state index is -0.486. The number of carbonyl (C=O) groups excluding carboxylic acids is 1. The number of benzene rings is 3. The summed E-state index contributed by atoms with van der Waals surface area (Å²) >= 11 is 14.5. The summed E-state index contributed by atoms with van der Waals surface area (Å²) in [6.07, 6.45) is 1.56. The van der Waals surface area contributed by atoms with Crippen molar-refractivity contribution >= 4 is 62.7 Å².